The Morgan fingerprint density at radius 1 is 1.22 bits per heavy atom. The van der Waals surface area contributed by atoms with Crippen LogP contribution in [0.4, 0.5) is 0 Å². The average molecular weight is 344 g/mol. The summed E-state index contributed by atoms with van der Waals surface area (Å²) in [6, 6.07) is 1.09. The minimum atomic E-state index is -0.642. The van der Waals surface area contributed by atoms with E-state index in [-0.39, 0.29) is 23.7 Å². The molecule has 0 amide bonds. The molecule has 0 unspecified atom stereocenters. The lowest BCUT2D eigenvalue weighted by atomic mass is 10.1. The van der Waals surface area contributed by atoms with Crippen LogP contribution in [-0.4, -0.2) is 29.7 Å². The molecule has 0 aliphatic heterocycles. The second-order valence-corrected chi connectivity index (χ2v) is 5.49. The van der Waals surface area contributed by atoms with Gasteiger partial charge in [-0.15, -0.1) is 0 Å². The van der Waals surface area contributed by atoms with E-state index in [0.29, 0.717) is 12.5 Å². The van der Waals surface area contributed by atoms with Gasteiger partial charge in [0.1, 0.15) is 6.54 Å². The van der Waals surface area contributed by atoms with Crippen molar-refractivity contribution in [1.29, 1.82) is 0 Å². The molecule has 0 saturated heterocycles. The number of hydrogen-bond donors (Lipinski definition) is 0. The number of hydrogen-bond acceptors (Lipinski definition) is 5. The van der Waals surface area contributed by atoms with Gasteiger partial charge in [0.15, 0.2) is 0 Å². The molecule has 0 radical (unpaired) electrons. The van der Waals surface area contributed by atoms with Crippen LogP contribution in [0, 0.1) is 5.92 Å². The third-order valence-electron chi connectivity index (χ3n) is 3.51. The topological polar surface area (TPSA) is 74.6 Å². The zero-order valence-corrected chi connectivity index (χ0v) is 14.4. The Hall–Kier alpha value is -1.82. The number of carbonyl (C=O) groups excluding carboxylic acids is 2. The third-order valence-corrected chi connectivity index (χ3v) is 3.82. The van der Waals surface area contributed by atoms with Crippen LogP contribution in [0.5, 0.6) is 0 Å². The van der Waals surface area contributed by atoms with Gasteiger partial charge in [0.05, 0.1) is 23.8 Å². The number of carbonyl (C=O) groups is 2. The van der Waals surface area contributed by atoms with Crippen molar-refractivity contribution in [2.45, 2.75) is 40.2 Å². The van der Waals surface area contributed by atoms with Crippen LogP contribution in [0.15, 0.2) is 17.1 Å². The van der Waals surface area contributed by atoms with Crippen molar-refractivity contribution in [2.75, 3.05) is 13.2 Å². The fourth-order valence-electron chi connectivity index (χ4n) is 1.95. The van der Waals surface area contributed by atoms with Gasteiger partial charge >= 0.3 is 11.9 Å². The number of aromatic nitrogens is 1. The van der Waals surface area contributed by atoms with Crippen molar-refractivity contribution >= 4 is 23.5 Å². The van der Waals surface area contributed by atoms with E-state index in [1.165, 1.54) is 6.20 Å². The maximum Gasteiger partial charge on any atom is 0.341 e. The normalized spacial score (nSPS) is 10.7. The molecule has 7 heteroatoms. The first kappa shape index (κ1) is 19.2. The lowest BCUT2D eigenvalue weighted by molar-refractivity contribution is -0.145. The molecule has 0 bridgehead atoms. The molecule has 1 heterocycles. The van der Waals surface area contributed by atoms with E-state index in [9.17, 15) is 14.4 Å². The molecule has 1 aromatic heterocycles. The van der Waals surface area contributed by atoms with Gasteiger partial charge in [0.2, 0.25) is 0 Å². The first-order valence-electron chi connectivity index (χ1n) is 7.65. The lowest BCUT2D eigenvalue weighted by Gasteiger charge is -2.13. The molecule has 23 heavy (non-hydrogen) atoms. The van der Waals surface area contributed by atoms with E-state index in [4.69, 9.17) is 21.1 Å². The van der Waals surface area contributed by atoms with Crippen molar-refractivity contribution < 1.29 is 19.1 Å². The van der Waals surface area contributed by atoms with Crippen molar-refractivity contribution in [3.63, 3.8) is 0 Å². The molecule has 128 valence electrons. The van der Waals surface area contributed by atoms with E-state index in [1.807, 2.05) is 13.8 Å². The zero-order chi connectivity index (χ0) is 17.4. The predicted molar refractivity (Wildman–Crippen MR) is 86.7 cm³/mol. The molecule has 6 nitrogen and oxygen atoms in total. The Kier molecular flexibility index (Phi) is 7.81. The maximum atomic E-state index is 11.9. The molecule has 1 aromatic rings. The van der Waals surface area contributed by atoms with E-state index in [0.717, 1.165) is 23.5 Å². The molecule has 0 saturated carbocycles. The molecule has 0 aromatic carbocycles. The van der Waals surface area contributed by atoms with Gasteiger partial charge in [-0.05, 0) is 12.8 Å². The Balaban J connectivity index is 2.83. The van der Waals surface area contributed by atoms with Crippen LogP contribution < -0.4 is 5.56 Å². The van der Waals surface area contributed by atoms with Gasteiger partial charge in [-0.1, -0.05) is 38.3 Å². The quantitative estimate of drug-likeness (QED) is 0.678. The number of pyridine rings is 1. The average Bonchev–Trinajstić information content (AvgIpc) is 2.51. The number of nitrogens with zero attached hydrogens (tertiary/aromatic N) is 1. The predicted octanol–water partition coefficient (Wildman–Crippen LogP) is 2.66. The number of ether oxygens (including phenoxy) is 2. The monoisotopic (exact) mass is 343 g/mol. The Morgan fingerprint density at radius 3 is 2.43 bits per heavy atom. The third kappa shape index (κ3) is 5.71. The Morgan fingerprint density at radius 2 is 1.87 bits per heavy atom. The van der Waals surface area contributed by atoms with Crippen molar-refractivity contribution in [1.82, 2.24) is 4.57 Å². The molecular formula is C16H22ClNO5. The smallest absolute Gasteiger partial charge is 0.341 e. The summed E-state index contributed by atoms with van der Waals surface area (Å²) < 4.78 is 11.1. The molecule has 0 N–H and O–H groups in total. The van der Waals surface area contributed by atoms with Crippen LogP contribution in [0.25, 0.3) is 0 Å². The second kappa shape index (κ2) is 9.35. The number of esters is 2. The molecule has 0 atom stereocenters. The summed E-state index contributed by atoms with van der Waals surface area (Å²) in [6.45, 7) is 5.94. The first-order valence-corrected chi connectivity index (χ1v) is 8.03. The van der Waals surface area contributed by atoms with Crippen LogP contribution in [-0.2, 0) is 20.8 Å². The fourth-order valence-corrected chi connectivity index (χ4v) is 2.17. The van der Waals surface area contributed by atoms with Crippen LogP contribution in [0.2, 0.25) is 5.02 Å². The molecule has 0 aliphatic rings. The van der Waals surface area contributed by atoms with Gasteiger partial charge in [0, 0.05) is 12.3 Å². The van der Waals surface area contributed by atoms with Gasteiger partial charge in [-0.25, -0.2) is 4.79 Å². The summed E-state index contributed by atoms with van der Waals surface area (Å²) in [4.78, 5) is 35.5. The van der Waals surface area contributed by atoms with E-state index < -0.39 is 17.5 Å². The summed E-state index contributed by atoms with van der Waals surface area (Å²) in [6.07, 6.45) is 3.05. The van der Waals surface area contributed by atoms with Gasteiger partial charge in [-0.3, -0.25) is 9.59 Å². The van der Waals surface area contributed by atoms with Crippen molar-refractivity contribution in [3.05, 3.63) is 33.2 Å². The Labute approximate surface area is 140 Å². The van der Waals surface area contributed by atoms with Crippen LogP contribution >= 0.6 is 11.6 Å². The first-order chi connectivity index (χ1) is 10.9. The van der Waals surface area contributed by atoms with Gasteiger partial charge in [-0.2, -0.15) is 0 Å². The Bertz CT molecular complexity index is 607. The minimum Gasteiger partial charge on any atom is -0.464 e. The van der Waals surface area contributed by atoms with Crippen LogP contribution in [0.1, 0.15) is 44.0 Å². The van der Waals surface area contributed by atoms with E-state index in [1.54, 1.807) is 6.92 Å². The molecule has 0 aliphatic carbocycles. The van der Waals surface area contributed by atoms with E-state index >= 15 is 0 Å². The molecule has 0 spiro atoms. The number of halogens is 1. The van der Waals surface area contributed by atoms with Crippen molar-refractivity contribution in [3.8, 4) is 0 Å². The molecule has 0 fully saturated rings. The minimum absolute atomic E-state index is 0.00454. The van der Waals surface area contributed by atoms with E-state index in [2.05, 4.69) is 0 Å². The SMILES string of the molecule is CCOC(=O)c1cn(CC(=O)OCC(CC)CC)c(=O)cc1Cl. The van der Waals surface area contributed by atoms with Gasteiger partial charge in [0.25, 0.3) is 5.56 Å². The highest BCUT2D eigenvalue weighted by Gasteiger charge is 2.16. The number of rotatable bonds is 8. The molecular weight excluding hydrogens is 322 g/mol. The van der Waals surface area contributed by atoms with Gasteiger partial charge < -0.3 is 14.0 Å². The van der Waals surface area contributed by atoms with Crippen LogP contribution in [0.3, 0.4) is 0 Å². The standard InChI is InChI=1S/C16H22ClNO5/c1-4-11(5-2)10-23-15(20)9-18-8-12(16(21)22-6-3)13(17)7-14(18)19/h7-8,11H,4-6,9-10H2,1-3H3. The zero-order valence-electron chi connectivity index (χ0n) is 13.6. The summed E-state index contributed by atoms with van der Waals surface area (Å²) in [5.74, 6) is -0.872. The highest BCUT2D eigenvalue weighted by Crippen LogP contribution is 2.14. The summed E-state index contributed by atoms with van der Waals surface area (Å²) in [7, 11) is 0. The second-order valence-electron chi connectivity index (χ2n) is 5.09. The summed E-state index contributed by atoms with van der Waals surface area (Å²) in [5.41, 5.74) is -0.441. The maximum absolute atomic E-state index is 11.9. The molecule has 1 rings (SSSR count). The largest absolute Gasteiger partial charge is 0.464 e. The summed E-state index contributed by atoms with van der Waals surface area (Å²) >= 11 is 5.88. The summed E-state index contributed by atoms with van der Waals surface area (Å²) in [5, 5.41) is -0.00454. The fraction of sp³-hybridized carbons (Fsp3) is 0.562. The highest BCUT2D eigenvalue weighted by atomic mass is 35.5. The lowest BCUT2D eigenvalue weighted by Crippen LogP contribution is -2.27. The highest BCUT2D eigenvalue weighted by molar-refractivity contribution is 6.33. The van der Waals surface area contributed by atoms with Crippen molar-refractivity contribution in [2.24, 2.45) is 5.92 Å².